The number of carbonyl (C=O) groups is 2. The van der Waals surface area contributed by atoms with Crippen molar-refractivity contribution >= 4 is 32.8 Å². The second kappa shape index (κ2) is 7.41. The van der Waals surface area contributed by atoms with E-state index in [2.05, 4.69) is 15.2 Å². The van der Waals surface area contributed by atoms with Crippen molar-refractivity contribution < 1.29 is 22.7 Å². The minimum Gasteiger partial charge on any atom is -0.378 e. The Hall–Kier alpha value is -3.04. The van der Waals surface area contributed by atoms with Gasteiger partial charge >= 0.3 is 0 Å². The molecule has 1 N–H and O–H groups in total. The Morgan fingerprint density at radius 1 is 1.14 bits per heavy atom. The Kier molecular flexibility index (Phi) is 4.93. The molecule has 0 bridgehead atoms. The van der Waals surface area contributed by atoms with Crippen molar-refractivity contribution in [3.8, 4) is 0 Å². The first-order chi connectivity index (χ1) is 13.9. The highest BCUT2D eigenvalue weighted by atomic mass is 32.2. The van der Waals surface area contributed by atoms with Gasteiger partial charge < -0.3 is 15.0 Å². The number of ether oxygens (including phenoxy) is 1. The molecule has 0 atom stereocenters. The number of nitrogens with zero attached hydrogens (tertiary/aromatic N) is 2. The van der Waals surface area contributed by atoms with Gasteiger partial charge in [-0.15, -0.1) is 0 Å². The zero-order valence-electron chi connectivity index (χ0n) is 15.7. The number of morpholine rings is 1. The molecule has 1 aliphatic carbocycles. The molecule has 29 heavy (non-hydrogen) atoms. The van der Waals surface area contributed by atoms with Gasteiger partial charge in [0.05, 0.1) is 46.9 Å². The molecule has 2 aliphatic rings. The number of ketones is 2. The summed E-state index contributed by atoms with van der Waals surface area (Å²) in [6, 6.07) is 6.10. The standard InChI is InChI=1S/C20H19N3O5S/c1-29(26,27)18-4-2-3-13-19(18)17(24)11-14(20(13)25)22-15-12-21-6-5-16(15)23-7-9-28-10-8-23/h2-6,11-12,22H,7-10H2,1H3. The van der Waals surface area contributed by atoms with E-state index in [0.717, 1.165) is 18.0 Å². The second-order valence-electron chi connectivity index (χ2n) is 6.82. The predicted molar refractivity (Wildman–Crippen MR) is 107 cm³/mol. The van der Waals surface area contributed by atoms with Gasteiger partial charge in [-0.05, 0) is 12.1 Å². The second-order valence-corrected chi connectivity index (χ2v) is 8.80. The third-order valence-corrected chi connectivity index (χ3v) is 6.00. The fourth-order valence-corrected chi connectivity index (χ4v) is 4.41. The van der Waals surface area contributed by atoms with Crippen molar-refractivity contribution in [2.45, 2.75) is 4.90 Å². The van der Waals surface area contributed by atoms with E-state index in [9.17, 15) is 18.0 Å². The summed E-state index contributed by atoms with van der Waals surface area (Å²) in [6.07, 6.45) is 5.41. The quantitative estimate of drug-likeness (QED) is 0.807. The van der Waals surface area contributed by atoms with Crippen LogP contribution in [0.25, 0.3) is 0 Å². The summed E-state index contributed by atoms with van der Waals surface area (Å²) in [6.45, 7) is 2.60. The normalized spacial score (nSPS) is 17.0. The Morgan fingerprint density at radius 2 is 1.90 bits per heavy atom. The zero-order valence-corrected chi connectivity index (χ0v) is 16.5. The number of anilines is 2. The molecule has 1 saturated heterocycles. The molecular formula is C20H19N3O5S. The van der Waals surface area contributed by atoms with Crippen LogP contribution in [0.4, 0.5) is 11.4 Å². The van der Waals surface area contributed by atoms with Gasteiger partial charge in [0.25, 0.3) is 0 Å². The molecule has 1 aromatic heterocycles. The number of Topliss-reactive ketones (excluding diaryl/α,β-unsaturated/α-hetero) is 1. The smallest absolute Gasteiger partial charge is 0.210 e. The van der Waals surface area contributed by atoms with Crippen LogP contribution in [0.2, 0.25) is 0 Å². The topological polar surface area (TPSA) is 106 Å². The summed E-state index contributed by atoms with van der Waals surface area (Å²) in [4.78, 5) is 31.8. The maximum Gasteiger partial charge on any atom is 0.210 e. The number of benzene rings is 1. The first-order valence-electron chi connectivity index (χ1n) is 9.04. The zero-order chi connectivity index (χ0) is 20.6. The number of nitrogens with one attached hydrogen (secondary N) is 1. The third kappa shape index (κ3) is 3.66. The molecule has 0 unspecified atom stereocenters. The van der Waals surface area contributed by atoms with Gasteiger partial charge in [-0.3, -0.25) is 14.6 Å². The Morgan fingerprint density at radius 3 is 2.62 bits per heavy atom. The average Bonchev–Trinajstić information content (AvgIpc) is 2.72. The number of hydrogen-bond acceptors (Lipinski definition) is 8. The van der Waals surface area contributed by atoms with Crippen molar-refractivity contribution in [2.24, 2.45) is 0 Å². The fraction of sp³-hybridized carbons (Fsp3) is 0.250. The number of sulfone groups is 1. The van der Waals surface area contributed by atoms with E-state index in [4.69, 9.17) is 4.74 Å². The molecule has 2 heterocycles. The number of rotatable bonds is 4. The lowest BCUT2D eigenvalue weighted by Gasteiger charge is -2.30. The van der Waals surface area contributed by atoms with Gasteiger partial charge in [0.2, 0.25) is 5.78 Å². The largest absolute Gasteiger partial charge is 0.378 e. The van der Waals surface area contributed by atoms with Crippen LogP contribution in [0.15, 0.2) is 53.3 Å². The Labute approximate surface area is 168 Å². The first kappa shape index (κ1) is 19.3. The highest BCUT2D eigenvalue weighted by Crippen LogP contribution is 2.31. The van der Waals surface area contributed by atoms with Crippen molar-refractivity contribution in [1.29, 1.82) is 0 Å². The van der Waals surface area contributed by atoms with Gasteiger partial charge in [0.15, 0.2) is 15.6 Å². The van der Waals surface area contributed by atoms with Crippen LogP contribution in [0, 0.1) is 0 Å². The van der Waals surface area contributed by atoms with E-state index in [1.165, 1.54) is 18.2 Å². The molecule has 0 amide bonds. The fourth-order valence-electron chi connectivity index (χ4n) is 3.50. The van der Waals surface area contributed by atoms with Crippen LogP contribution in [0.3, 0.4) is 0 Å². The van der Waals surface area contributed by atoms with Gasteiger partial charge in [-0.25, -0.2) is 8.42 Å². The lowest BCUT2D eigenvalue weighted by Crippen LogP contribution is -2.36. The predicted octanol–water partition coefficient (Wildman–Crippen LogP) is 1.70. The monoisotopic (exact) mass is 413 g/mol. The van der Waals surface area contributed by atoms with Gasteiger partial charge in [-0.1, -0.05) is 12.1 Å². The molecule has 8 nitrogen and oxygen atoms in total. The van der Waals surface area contributed by atoms with Crippen LogP contribution < -0.4 is 10.2 Å². The molecule has 0 radical (unpaired) electrons. The van der Waals surface area contributed by atoms with E-state index >= 15 is 0 Å². The molecule has 1 aliphatic heterocycles. The first-order valence-corrected chi connectivity index (χ1v) is 10.9. The van der Waals surface area contributed by atoms with Crippen LogP contribution in [0.1, 0.15) is 20.7 Å². The molecule has 150 valence electrons. The average molecular weight is 413 g/mol. The Balaban J connectivity index is 1.70. The lowest BCUT2D eigenvalue weighted by molar-refractivity contribution is 0.0983. The minimum atomic E-state index is -3.65. The van der Waals surface area contributed by atoms with E-state index < -0.39 is 21.4 Å². The van der Waals surface area contributed by atoms with E-state index in [-0.39, 0.29) is 21.7 Å². The Bertz CT molecular complexity index is 1130. The van der Waals surface area contributed by atoms with E-state index in [1.807, 2.05) is 6.07 Å². The van der Waals surface area contributed by atoms with Crippen LogP contribution in [0.5, 0.6) is 0 Å². The molecule has 1 aromatic carbocycles. The SMILES string of the molecule is CS(=O)(=O)c1cccc2c1C(=O)C=C(Nc1cnccc1N1CCOCC1)C2=O. The lowest BCUT2D eigenvalue weighted by atomic mass is 9.92. The maximum absolute atomic E-state index is 13.0. The molecule has 0 spiro atoms. The molecule has 9 heteroatoms. The maximum atomic E-state index is 13.0. The summed E-state index contributed by atoms with van der Waals surface area (Å²) >= 11 is 0. The number of aromatic nitrogens is 1. The number of hydrogen-bond donors (Lipinski definition) is 1. The van der Waals surface area contributed by atoms with Crippen molar-refractivity contribution in [3.05, 3.63) is 59.6 Å². The van der Waals surface area contributed by atoms with E-state index in [0.29, 0.717) is 32.0 Å². The highest BCUT2D eigenvalue weighted by molar-refractivity contribution is 7.90. The number of fused-ring (bicyclic) bond motifs is 1. The van der Waals surface area contributed by atoms with Crippen molar-refractivity contribution in [2.75, 3.05) is 42.8 Å². The summed E-state index contributed by atoms with van der Waals surface area (Å²) in [5.41, 5.74) is 1.50. The molecule has 2 aromatic rings. The highest BCUT2D eigenvalue weighted by Gasteiger charge is 2.31. The third-order valence-electron chi connectivity index (χ3n) is 4.86. The van der Waals surface area contributed by atoms with Gasteiger partial charge in [-0.2, -0.15) is 0 Å². The van der Waals surface area contributed by atoms with Gasteiger partial charge in [0, 0.05) is 37.2 Å². The van der Waals surface area contributed by atoms with Crippen molar-refractivity contribution in [3.63, 3.8) is 0 Å². The minimum absolute atomic E-state index is 0.0692. The van der Waals surface area contributed by atoms with Crippen LogP contribution >= 0.6 is 0 Å². The summed E-state index contributed by atoms with van der Waals surface area (Å²) in [5, 5.41) is 3.02. The molecule has 4 rings (SSSR count). The summed E-state index contributed by atoms with van der Waals surface area (Å²) in [7, 11) is -3.65. The number of pyridine rings is 1. The molecule has 1 fully saturated rings. The van der Waals surface area contributed by atoms with Crippen molar-refractivity contribution in [1.82, 2.24) is 4.98 Å². The summed E-state index contributed by atoms with van der Waals surface area (Å²) in [5.74, 6) is -0.971. The summed E-state index contributed by atoms with van der Waals surface area (Å²) < 4.78 is 29.4. The number of allylic oxidation sites excluding steroid dienone is 2. The molecular weight excluding hydrogens is 394 g/mol. The van der Waals surface area contributed by atoms with Crippen LogP contribution in [-0.4, -0.2) is 57.5 Å². The number of carbonyl (C=O) groups excluding carboxylic acids is 2. The van der Waals surface area contributed by atoms with Crippen LogP contribution in [-0.2, 0) is 14.6 Å². The van der Waals surface area contributed by atoms with E-state index in [1.54, 1.807) is 12.4 Å². The molecule has 0 saturated carbocycles. The van der Waals surface area contributed by atoms with Gasteiger partial charge in [0.1, 0.15) is 0 Å².